The molecule has 1 spiro atoms. The SMILES string of the molecule is CC(C)(COCC(C)(C)Cn1cc(-c2ccc(NC(=O)N3CCC4(CC3)NC(=O)N(Cc3ccccc3)C4=O)cc2)nn1)CC(=O)NC1(C)CCCCCCCCCCCCCCC1. The van der Waals surface area contributed by atoms with Gasteiger partial charge in [0.1, 0.15) is 11.2 Å². The first-order valence-corrected chi connectivity index (χ1v) is 24.3. The molecule has 3 aromatic rings. The topological polar surface area (TPSA) is 151 Å². The zero-order valence-electron chi connectivity index (χ0n) is 39.5. The number of likely N-dealkylation sites (tertiary alicyclic amines) is 1. The molecule has 2 saturated heterocycles. The minimum absolute atomic E-state index is 0.123. The van der Waals surface area contributed by atoms with Crippen molar-refractivity contribution in [1.29, 1.82) is 0 Å². The Morgan fingerprint density at radius 1 is 0.750 bits per heavy atom. The molecular weight excluding hydrogens is 805 g/mol. The lowest BCUT2D eigenvalue weighted by Crippen LogP contribution is -2.56. The van der Waals surface area contributed by atoms with E-state index in [2.05, 4.69) is 60.9 Å². The largest absolute Gasteiger partial charge is 0.380 e. The molecule has 13 heteroatoms. The fraction of sp³-hybridized carbons (Fsp3) is 0.647. The van der Waals surface area contributed by atoms with E-state index >= 15 is 0 Å². The third-order valence-corrected chi connectivity index (χ3v) is 13.4. The average Bonchev–Trinajstić information content (AvgIpc) is 3.79. The van der Waals surface area contributed by atoms with Crippen molar-refractivity contribution >= 4 is 29.6 Å². The number of carbonyl (C=O) groups is 4. The zero-order chi connectivity index (χ0) is 45.6. The fourth-order valence-electron chi connectivity index (χ4n) is 9.63. The molecule has 2 aromatic carbocycles. The number of nitrogens with zero attached hydrogens (tertiary/aromatic N) is 5. The van der Waals surface area contributed by atoms with Crippen molar-refractivity contribution < 1.29 is 23.9 Å². The molecule has 6 rings (SSSR count). The summed E-state index contributed by atoms with van der Waals surface area (Å²) in [7, 11) is 0. The lowest BCUT2D eigenvalue weighted by atomic mass is 9.85. The molecule has 6 amide bonds. The number of nitrogens with one attached hydrogen (secondary N) is 3. The normalized spacial score (nSPS) is 19.3. The van der Waals surface area contributed by atoms with Gasteiger partial charge in [-0.2, -0.15) is 0 Å². The van der Waals surface area contributed by atoms with Crippen LogP contribution in [0.5, 0.6) is 0 Å². The molecular formula is C51H76N8O5. The number of piperidine rings is 1. The zero-order valence-corrected chi connectivity index (χ0v) is 39.5. The van der Waals surface area contributed by atoms with Gasteiger partial charge in [-0.25, -0.2) is 9.59 Å². The summed E-state index contributed by atoms with van der Waals surface area (Å²) in [6, 6.07) is 16.3. The van der Waals surface area contributed by atoms with Crippen LogP contribution in [0.3, 0.4) is 0 Å². The minimum atomic E-state index is -0.983. The van der Waals surface area contributed by atoms with Crippen LogP contribution < -0.4 is 16.0 Å². The van der Waals surface area contributed by atoms with Crippen molar-refractivity contribution in [3.05, 3.63) is 66.4 Å². The quantitative estimate of drug-likeness (QED) is 0.145. The lowest BCUT2D eigenvalue weighted by Gasteiger charge is -2.37. The molecule has 1 saturated carbocycles. The van der Waals surface area contributed by atoms with E-state index in [9.17, 15) is 19.2 Å². The molecule has 3 N–H and O–H groups in total. The van der Waals surface area contributed by atoms with Gasteiger partial charge in [-0.1, -0.05) is 159 Å². The number of anilines is 1. The second-order valence-electron chi connectivity index (χ2n) is 20.9. The van der Waals surface area contributed by atoms with Gasteiger partial charge in [0.2, 0.25) is 5.91 Å². The van der Waals surface area contributed by atoms with Gasteiger partial charge in [-0.05, 0) is 55.7 Å². The first kappa shape index (κ1) is 48.7. The van der Waals surface area contributed by atoms with Crippen LogP contribution in [0, 0.1) is 10.8 Å². The molecule has 0 atom stereocenters. The van der Waals surface area contributed by atoms with Gasteiger partial charge in [0.15, 0.2) is 0 Å². The van der Waals surface area contributed by atoms with Crippen LogP contribution >= 0.6 is 0 Å². The van der Waals surface area contributed by atoms with Gasteiger partial charge >= 0.3 is 12.1 Å². The summed E-state index contributed by atoms with van der Waals surface area (Å²) in [5.74, 6) is -0.110. The minimum Gasteiger partial charge on any atom is -0.380 e. The molecule has 13 nitrogen and oxygen atoms in total. The van der Waals surface area contributed by atoms with Gasteiger partial charge in [-0.15, -0.1) is 5.10 Å². The highest BCUT2D eigenvalue weighted by molar-refractivity contribution is 6.07. The highest BCUT2D eigenvalue weighted by atomic mass is 16.5. The van der Waals surface area contributed by atoms with Crippen LogP contribution in [0.1, 0.15) is 156 Å². The number of ether oxygens (including phenoxy) is 1. The van der Waals surface area contributed by atoms with E-state index < -0.39 is 11.6 Å². The van der Waals surface area contributed by atoms with Gasteiger partial charge < -0.3 is 25.6 Å². The molecule has 2 aliphatic heterocycles. The molecule has 64 heavy (non-hydrogen) atoms. The number of benzene rings is 2. The van der Waals surface area contributed by atoms with Crippen molar-refractivity contribution in [2.45, 2.75) is 174 Å². The third kappa shape index (κ3) is 14.4. The van der Waals surface area contributed by atoms with E-state index in [4.69, 9.17) is 4.74 Å². The Morgan fingerprint density at radius 3 is 1.91 bits per heavy atom. The molecule has 3 heterocycles. The number of hydrogen-bond donors (Lipinski definition) is 3. The van der Waals surface area contributed by atoms with Crippen molar-refractivity contribution in [1.82, 2.24) is 35.4 Å². The Hall–Kier alpha value is -4.78. The smallest absolute Gasteiger partial charge is 0.325 e. The monoisotopic (exact) mass is 881 g/mol. The summed E-state index contributed by atoms with van der Waals surface area (Å²) in [5, 5.41) is 18.2. The maximum atomic E-state index is 13.5. The summed E-state index contributed by atoms with van der Waals surface area (Å²) >= 11 is 0. The molecule has 3 fully saturated rings. The number of urea groups is 2. The number of carbonyl (C=O) groups excluding carboxylic acids is 4. The van der Waals surface area contributed by atoms with E-state index in [1.54, 1.807) is 4.90 Å². The van der Waals surface area contributed by atoms with E-state index in [0.717, 1.165) is 29.7 Å². The third-order valence-electron chi connectivity index (χ3n) is 13.4. The summed E-state index contributed by atoms with van der Waals surface area (Å²) < 4.78 is 8.15. The molecule has 1 aliphatic carbocycles. The first-order valence-electron chi connectivity index (χ1n) is 24.3. The van der Waals surface area contributed by atoms with Gasteiger partial charge in [0.25, 0.3) is 5.91 Å². The van der Waals surface area contributed by atoms with Crippen molar-refractivity contribution in [3.63, 3.8) is 0 Å². The Kier molecular flexibility index (Phi) is 17.0. The highest BCUT2D eigenvalue weighted by Crippen LogP contribution is 2.32. The molecule has 350 valence electrons. The molecule has 0 radical (unpaired) electrons. The summed E-state index contributed by atoms with van der Waals surface area (Å²) in [4.78, 5) is 55.9. The number of imide groups is 1. The number of amides is 6. The lowest BCUT2D eigenvalue weighted by molar-refractivity contribution is -0.133. The Balaban J connectivity index is 0.913. The highest BCUT2D eigenvalue weighted by Gasteiger charge is 2.52. The van der Waals surface area contributed by atoms with Crippen LogP contribution in [0.25, 0.3) is 11.3 Å². The van der Waals surface area contributed by atoms with Crippen molar-refractivity contribution in [2.24, 2.45) is 10.8 Å². The fourth-order valence-corrected chi connectivity index (χ4v) is 9.63. The number of hydrogen-bond acceptors (Lipinski definition) is 7. The summed E-state index contributed by atoms with van der Waals surface area (Å²) in [6.45, 7) is 13.3. The van der Waals surface area contributed by atoms with Crippen molar-refractivity contribution in [2.75, 3.05) is 31.6 Å². The van der Waals surface area contributed by atoms with Crippen LogP contribution in [0.15, 0.2) is 60.8 Å². The van der Waals surface area contributed by atoms with Crippen LogP contribution in [0.2, 0.25) is 0 Å². The summed E-state index contributed by atoms with van der Waals surface area (Å²) in [6.07, 6.45) is 22.1. The van der Waals surface area contributed by atoms with Gasteiger partial charge in [0, 0.05) is 48.3 Å². The molecule has 0 bridgehead atoms. The summed E-state index contributed by atoms with van der Waals surface area (Å²) in [5.41, 5.74) is 1.43. The predicted molar refractivity (Wildman–Crippen MR) is 252 cm³/mol. The second-order valence-corrected chi connectivity index (χ2v) is 20.9. The maximum Gasteiger partial charge on any atom is 0.325 e. The Morgan fingerprint density at radius 2 is 1.31 bits per heavy atom. The maximum absolute atomic E-state index is 13.5. The average molecular weight is 881 g/mol. The van der Waals surface area contributed by atoms with Gasteiger partial charge in [0.05, 0.1) is 26.0 Å². The van der Waals surface area contributed by atoms with Crippen molar-refractivity contribution in [3.8, 4) is 11.3 Å². The second kappa shape index (κ2) is 22.4. The van der Waals surface area contributed by atoms with E-state index in [0.29, 0.717) is 57.8 Å². The predicted octanol–water partition coefficient (Wildman–Crippen LogP) is 10.3. The number of rotatable bonds is 13. The van der Waals surface area contributed by atoms with E-state index in [1.165, 1.54) is 88.4 Å². The Bertz CT molecular complexity index is 1960. The van der Waals surface area contributed by atoms with Crippen LogP contribution in [-0.4, -0.2) is 86.1 Å². The van der Waals surface area contributed by atoms with E-state index in [1.807, 2.05) is 65.5 Å². The Labute approximate surface area is 382 Å². The van der Waals surface area contributed by atoms with E-state index in [-0.39, 0.29) is 40.8 Å². The molecule has 0 unspecified atom stereocenters. The molecule has 1 aromatic heterocycles. The number of aromatic nitrogens is 3. The van der Waals surface area contributed by atoms with Crippen LogP contribution in [0.4, 0.5) is 15.3 Å². The first-order chi connectivity index (χ1) is 30.6. The van der Waals surface area contributed by atoms with Crippen LogP contribution in [-0.2, 0) is 27.4 Å². The standard InChI is InChI=1S/C51H76N8O5/c1-48(2,34-44(60)53-50(5)28-20-15-13-11-9-7-6-8-10-12-14-16-21-29-50)38-64-39-49(3,4)37-58-36-43(55-56-58)41-24-26-42(27-25-41)52-46(62)57-32-30-51(31-33-57)45(61)59(47(63)54-51)35-40-22-18-17-19-23-40/h17-19,22-27,36H,6-16,20-21,28-35,37-39H2,1-5H3,(H,52,62)(H,53,60)(H,54,63). The van der Waals surface area contributed by atoms with Gasteiger partial charge in [-0.3, -0.25) is 19.2 Å². The molecule has 3 aliphatic rings.